The molecule has 108 valence electrons. The third-order valence-corrected chi connectivity index (χ3v) is 3.54. The van der Waals surface area contributed by atoms with E-state index in [4.69, 9.17) is 0 Å². The molecule has 0 aromatic heterocycles. The first-order chi connectivity index (χ1) is 7.50. The summed E-state index contributed by atoms with van der Waals surface area (Å²) in [5.41, 5.74) is 0. The van der Waals surface area contributed by atoms with Crippen LogP contribution in [0.1, 0.15) is 0 Å². The molecule has 1 rings (SSSR count). The molecule has 0 unspecified atom stereocenters. The molecule has 0 bridgehead atoms. The minimum atomic E-state index is -7.54. The largest absolute Gasteiger partial charge is 1.00 e. The van der Waals surface area contributed by atoms with E-state index in [-0.39, 0.29) is 51.4 Å². The Hall–Kier alpha value is 0.916. The van der Waals surface area contributed by atoms with Crippen LogP contribution < -0.4 is 51.4 Å². The second-order valence-corrected chi connectivity index (χ2v) is 4.82. The smallest absolute Gasteiger partial charge is 0.745 e. The molecule has 1 saturated carbocycles. The fourth-order valence-corrected chi connectivity index (χ4v) is 2.19. The van der Waals surface area contributed by atoms with Crippen molar-refractivity contribution in [2.45, 2.75) is 28.7 Å². The Kier molecular flexibility index (Phi) is 4.67. The molecule has 1 aliphatic rings. The van der Waals surface area contributed by atoms with E-state index < -0.39 is 38.8 Å². The quantitative estimate of drug-likeness (QED) is 0.338. The average molecular weight is 350 g/mol. The van der Waals surface area contributed by atoms with Crippen LogP contribution in [0.2, 0.25) is 0 Å². The van der Waals surface area contributed by atoms with Crippen molar-refractivity contribution in [2.75, 3.05) is 0 Å². The molecule has 14 heteroatoms. The third kappa shape index (κ3) is 1.79. The Morgan fingerprint density at radius 3 is 0.947 bits per heavy atom. The average Bonchev–Trinajstić information content (AvgIpc) is 2.16. The summed E-state index contributed by atoms with van der Waals surface area (Å²) in [5, 5.41) is -6.96. The maximum Gasteiger partial charge on any atom is 1.00 e. The van der Waals surface area contributed by atoms with Gasteiger partial charge in [-0.1, -0.05) is 0 Å². The van der Waals surface area contributed by atoms with Gasteiger partial charge in [-0.2, -0.15) is 35.1 Å². The van der Waals surface area contributed by atoms with Crippen LogP contribution in [-0.4, -0.2) is 41.7 Å². The van der Waals surface area contributed by atoms with Crippen LogP contribution in [0.15, 0.2) is 0 Å². The van der Waals surface area contributed by atoms with Gasteiger partial charge < -0.3 is 4.55 Å². The van der Waals surface area contributed by atoms with E-state index in [1.54, 1.807) is 0 Å². The molecular weight excluding hydrogens is 350 g/mol. The summed E-state index contributed by atoms with van der Waals surface area (Å²) < 4.78 is 143. The molecule has 19 heavy (non-hydrogen) atoms. The van der Waals surface area contributed by atoms with E-state index in [9.17, 15) is 52.5 Å². The normalized spacial score (nSPS) is 29.6. The van der Waals surface area contributed by atoms with Gasteiger partial charge in [0, 0.05) is 0 Å². The van der Waals surface area contributed by atoms with Crippen molar-refractivity contribution < 1.29 is 104 Å². The molecule has 3 nitrogen and oxygen atoms in total. The van der Waals surface area contributed by atoms with Gasteiger partial charge in [0.25, 0.3) is 0 Å². The van der Waals surface area contributed by atoms with E-state index >= 15 is 0 Å². The summed E-state index contributed by atoms with van der Waals surface area (Å²) in [6.45, 7) is 0. The minimum absolute atomic E-state index is 0. The van der Waals surface area contributed by atoms with E-state index in [2.05, 4.69) is 0 Å². The Labute approximate surface area is 141 Å². The summed E-state index contributed by atoms with van der Waals surface area (Å²) in [4.78, 5) is 0. The molecule has 0 N–H and O–H groups in total. The van der Waals surface area contributed by atoms with Crippen LogP contribution in [0, 0.1) is 0 Å². The third-order valence-electron chi connectivity index (χ3n) is 2.34. The van der Waals surface area contributed by atoms with Gasteiger partial charge in [-0.05, 0) is 0 Å². The van der Waals surface area contributed by atoms with Crippen LogP contribution in [0.5, 0.6) is 0 Å². The first kappa shape index (κ1) is 19.9. The molecule has 0 aliphatic heterocycles. The number of rotatable bonds is 1. The van der Waals surface area contributed by atoms with Crippen molar-refractivity contribution in [3.8, 4) is 0 Å². The van der Waals surface area contributed by atoms with Gasteiger partial charge in [-0.25, -0.2) is 12.8 Å². The predicted octanol–water partition coefficient (Wildman–Crippen LogP) is -1.24. The Morgan fingerprint density at radius 2 is 0.842 bits per heavy atom. The maximum absolute atomic E-state index is 13.0. The van der Waals surface area contributed by atoms with Gasteiger partial charge >= 0.3 is 80.1 Å². The molecule has 1 fully saturated rings. The number of hydrogen-bond acceptors (Lipinski definition) is 3. The van der Waals surface area contributed by atoms with E-state index in [1.807, 2.05) is 0 Å². The first-order valence-corrected chi connectivity index (χ1v) is 5.06. The number of hydrogen-bond donors (Lipinski definition) is 0. The van der Waals surface area contributed by atoms with Gasteiger partial charge in [-0.3, -0.25) is 0 Å². The molecule has 1 aliphatic carbocycles. The summed E-state index contributed by atoms with van der Waals surface area (Å²) in [6, 6.07) is 0. The maximum atomic E-state index is 13.0. The Balaban J connectivity index is 0.00000324. The van der Waals surface area contributed by atoms with Crippen LogP contribution in [-0.2, 0) is 10.1 Å². The molecule has 0 amide bonds. The standard InChI is InChI=1S/C5HF9O3S.K/c6-1(7)2(8,9)4(12,13)5(14,3(1,10)11)18(15,16)17;/h(H,15,16,17);/q;+1/p-1. The zero-order chi connectivity index (χ0) is 15.0. The van der Waals surface area contributed by atoms with Gasteiger partial charge in [0.2, 0.25) is 0 Å². The molecule has 0 heterocycles. The molecule has 0 spiro atoms. The van der Waals surface area contributed by atoms with E-state index in [0.717, 1.165) is 0 Å². The van der Waals surface area contributed by atoms with Crippen molar-refractivity contribution >= 4 is 10.1 Å². The van der Waals surface area contributed by atoms with Crippen LogP contribution >= 0.6 is 0 Å². The predicted molar refractivity (Wildman–Crippen MR) is 33.3 cm³/mol. The topological polar surface area (TPSA) is 57.2 Å². The zero-order valence-electron chi connectivity index (χ0n) is 8.53. The zero-order valence-corrected chi connectivity index (χ0v) is 12.5. The first-order valence-electron chi connectivity index (χ1n) is 3.65. The van der Waals surface area contributed by atoms with Crippen LogP contribution in [0.25, 0.3) is 0 Å². The summed E-state index contributed by atoms with van der Waals surface area (Å²) in [5.74, 6) is -28.3. The SMILES string of the molecule is O=S(=O)([O-])C1(F)C(F)(F)C(F)(F)C(F)(F)C1(F)F.[K+]. The number of halogens is 9. The van der Waals surface area contributed by atoms with Crippen molar-refractivity contribution in [3.05, 3.63) is 0 Å². The monoisotopic (exact) mass is 350 g/mol. The van der Waals surface area contributed by atoms with Gasteiger partial charge in [-0.15, -0.1) is 0 Å². The van der Waals surface area contributed by atoms with Crippen LogP contribution in [0.4, 0.5) is 39.5 Å². The minimum Gasteiger partial charge on any atom is -0.745 e. The summed E-state index contributed by atoms with van der Waals surface area (Å²) in [6.07, 6.45) is 0. The molecule has 0 aromatic carbocycles. The van der Waals surface area contributed by atoms with Gasteiger partial charge in [0.15, 0.2) is 0 Å². The second kappa shape index (κ2) is 4.46. The van der Waals surface area contributed by atoms with Crippen LogP contribution in [0.3, 0.4) is 0 Å². The van der Waals surface area contributed by atoms with E-state index in [1.165, 1.54) is 0 Å². The second-order valence-electron chi connectivity index (χ2n) is 3.35. The fraction of sp³-hybridized carbons (Fsp3) is 1.00. The summed E-state index contributed by atoms with van der Waals surface area (Å²) in [7, 11) is -7.54. The van der Waals surface area contributed by atoms with E-state index in [0.29, 0.717) is 0 Å². The Morgan fingerprint density at radius 1 is 0.632 bits per heavy atom. The van der Waals surface area contributed by atoms with Crippen molar-refractivity contribution in [1.29, 1.82) is 0 Å². The molecule has 0 radical (unpaired) electrons. The molecule has 0 atom stereocenters. The van der Waals surface area contributed by atoms with Gasteiger partial charge in [0.1, 0.15) is 10.1 Å². The van der Waals surface area contributed by atoms with Crippen molar-refractivity contribution in [1.82, 2.24) is 0 Å². The van der Waals surface area contributed by atoms with Crippen molar-refractivity contribution in [3.63, 3.8) is 0 Å². The molecular formula is C5F9KO3S. The van der Waals surface area contributed by atoms with Crippen molar-refractivity contribution in [2.24, 2.45) is 0 Å². The molecule has 0 saturated heterocycles. The number of alkyl halides is 9. The summed E-state index contributed by atoms with van der Waals surface area (Å²) >= 11 is 0. The Bertz CT molecular complexity index is 460. The fourth-order valence-electron chi connectivity index (χ4n) is 1.31. The molecule has 0 aromatic rings. The van der Waals surface area contributed by atoms with Gasteiger partial charge in [0.05, 0.1) is 0 Å².